The minimum atomic E-state index is 0.322. The summed E-state index contributed by atoms with van der Waals surface area (Å²) in [6.07, 6.45) is 5.31. The molecule has 1 aromatic heterocycles. The molecule has 0 aliphatic carbocycles. The fourth-order valence-electron chi connectivity index (χ4n) is 1.60. The zero-order valence-electron chi connectivity index (χ0n) is 11.0. The summed E-state index contributed by atoms with van der Waals surface area (Å²) in [7, 11) is 0. The molecule has 0 bridgehead atoms. The first-order valence-corrected chi connectivity index (χ1v) is 6.55. The normalized spacial score (nSPS) is 12.6. The van der Waals surface area contributed by atoms with Crippen LogP contribution in [0.25, 0.3) is 0 Å². The SMILES string of the molecule is CCCNCCC(C)OCCc1ccccn1. The second-order valence-electron chi connectivity index (χ2n) is 4.29. The van der Waals surface area contributed by atoms with Crippen molar-refractivity contribution in [1.82, 2.24) is 10.3 Å². The molecule has 3 nitrogen and oxygen atoms in total. The summed E-state index contributed by atoms with van der Waals surface area (Å²) in [4.78, 5) is 4.27. The van der Waals surface area contributed by atoms with Crippen molar-refractivity contribution in [1.29, 1.82) is 0 Å². The molecule has 0 saturated carbocycles. The van der Waals surface area contributed by atoms with E-state index in [1.165, 1.54) is 6.42 Å². The van der Waals surface area contributed by atoms with E-state index in [9.17, 15) is 0 Å². The summed E-state index contributed by atoms with van der Waals surface area (Å²) in [6.45, 7) is 7.21. The van der Waals surface area contributed by atoms with Crippen LogP contribution < -0.4 is 5.32 Å². The van der Waals surface area contributed by atoms with Crippen LogP contribution in [0.3, 0.4) is 0 Å². The number of nitrogens with one attached hydrogen (secondary N) is 1. The van der Waals surface area contributed by atoms with Crippen molar-refractivity contribution in [2.24, 2.45) is 0 Å². The zero-order valence-corrected chi connectivity index (χ0v) is 11.0. The second kappa shape index (κ2) is 9.14. The molecule has 0 fully saturated rings. The molecule has 0 spiro atoms. The Labute approximate surface area is 105 Å². The summed E-state index contributed by atoms with van der Waals surface area (Å²) in [5.74, 6) is 0. The standard InChI is InChI=1S/C14H24N2O/c1-3-9-15-11-7-13(2)17-12-8-14-6-4-5-10-16-14/h4-6,10,13,15H,3,7-9,11-12H2,1-2H3. The monoisotopic (exact) mass is 236 g/mol. The molecule has 1 aromatic rings. The molecule has 1 heterocycles. The number of hydrogen-bond donors (Lipinski definition) is 1. The zero-order chi connectivity index (χ0) is 12.3. The van der Waals surface area contributed by atoms with E-state index in [-0.39, 0.29) is 0 Å². The largest absolute Gasteiger partial charge is 0.378 e. The van der Waals surface area contributed by atoms with Gasteiger partial charge >= 0.3 is 0 Å². The minimum absolute atomic E-state index is 0.322. The number of ether oxygens (including phenoxy) is 1. The average molecular weight is 236 g/mol. The lowest BCUT2D eigenvalue weighted by Crippen LogP contribution is -2.21. The van der Waals surface area contributed by atoms with Crippen LogP contribution in [0.2, 0.25) is 0 Å². The third kappa shape index (κ3) is 7.08. The minimum Gasteiger partial charge on any atom is -0.378 e. The molecule has 17 heavy (non-hydrogen) atoms. The fraction of sp³-hybridized carbons (Fsp3) is 0.643. The summed E-state index contributed by atoms with van der Waals surface area (Å²) >= 11 is 0. The molecule has 1 rings (SSSR count). The van der Waals surface area contributed by atoms with E-state index in [2.05, 4.69) is 24.1 Å². The van der Waals surface area contributed by atoms with Crippen molar-refractivity contribution in [2.45, 2.75) is 39.2 Å². The quantitative estimate of drug-likeness (QED) is 0.669. The van der Waals surface area contributed by atoms with Crippen LogP contribution in [0, 0.1) is 0 Å². The van der Waals surface area contributed by atoms with Crippen molar-refractivity contribution in [3.8, 4) is 0 Å². The Morgan fingerprint density at radius 3 is 2.94 bits per heavy atom. The molecule has 96 valence electrons. The van der Waals surface area contributed by atoms with E-state index in [4.69, 9.17) is 4.74 Å². The van der Waals surface area contributed by atoms with Gasteiger partial charge in [-0.3, -0.25) is 4.98 Å². The highest BCUT2D eigenvalue weighted by atomic mass is 16.5. The van der Waals surface area contributed by atoms with Crippen LogP contribution >= 0.6 is 0 Å². The van der Waals surface area contributed by atoms with Gasteiger partial charge in [0.25, 0.3) is 0 Å². The highest BCUT2D eigenvalue weighted by Crippen LogP contribution is 2.00. The molecular weight excluding hydrogens is 212 g/mol. The van der Waals surface area contributed by atoms with Gasteiger partial charge in [0.05, 0.1) is 12.7 Å². The van der Waals surface area contributed by atoms with Gasteiger partial charge in [0.1, 0.15) is 0 Å². The third-order valence-electron chi connectivity index (χ3n) is 2.64. The maximum absolute atomic E-state index is 5.75. The molecule has 1 N–H and O–H groups in total. The van der Waals surface area contributed by atoms with E-state index in [0.29, 0.717) is 6.10 Å². The Hall–Kier alpha value is -0.930. The molecule has 1 unspecified atom stereocenters. The van der Waals surface area contributed by atoms with E-state index in [1.807, 2.05) is 24.4 Å². The molecule has 0 aromatic carbocycles. The average Bonchev–Trinajstić information content (AvgIpc) is 2.36. The molecule has 0 aliphatic heterocycles. The fourth-order valence-corrected chi connectivity index (χ4v) is 1.60. The molecule has 0 radical (unpaired) electrons. The first-order valence-electron chi connectivity index (χ1n) is 6.55. The van der Waals surface area contributed by atoms with Crippen LogP contribution in [-0.2, 0) is 11.2 Å². The molecule has 0 amide bonds. The number of pyridine rings is 1. The Kier molecular flexibility index (Phi) is 7.60. The van der Waals surface area contributed by atoms with Crippen LogP contribution in [0.4, 0.5) is 0 Å². The van der Waals surface area contributed by atoms with Crippen molar-refractivity contribution >= 4 is 0 Å². The molecule has 0 aliphatic rings. The highest BCUT2D eigenvalue weighted by molar-refractivity contribution is 5.03. The predicted octanol–water partition coefficient (Wildman–Crippen LogP) is 2.42. The second-order valence-corrected chi connectivity index (χ2v) is 4.29. The van der Waals surface area contributed by atoms with Crippen LogP contribution in [0.1, 0.15) is 32.4 Å². The first-order chi connectivity index (χ1) is 8.33. The lowest BCUT2D eigenvalue weighted by Gasteiger charge is -2.13. The van der Waals surface area contributed by atoms with Gasteiger partial charge in [0.15, 0.2) is 0 Å². The molecule has 3 heteroatoms. The van der Waals surface area contributed by atoms with Gasteiger partial charge in [-0.1, -0.05) is 13.0 Å². The van der Waals surface area contributed by atoms with Gasteiger partial charge in [-0.05, 0) is 45.0 Å². The topological polar surface area (TPSA) is 34.1 Å². The molecule has 0 saturated heterocycles. The van der Waals surface area contributed by atoms with Gasteiger partial charge in [0, 0.05) is 18.3 Å². The lowest BCUT2D eigenvalue weighted by molar-refractivity contribution is 0.0623. The van der Waals surface area contributed by atoms with Crippen LogP contribution in [0.5, 0.6) is 0 Å². The molecule has 1 atom stereocenters. The summed E-state index contributed by atoms with van der Waals surface area (Å²) in [5, 5.41) is 3.38. The Balaban J connectivity index is 2.02. The smallest absolute Gasteiger partial charge is 0.0559 e. The number of nitrogens with zero attached hydrogens (tertiary/aromatic N) is 1. The number of hydrogen-bond acceptors (Lipinski definition) is 3. The first kappa shape index (κ1) is 14.1. The van der Waals surface area contributed by atoms with E-state index in [0.717, 1.165) is 38.2 Å². The summed E-state index contributed by atoms with van der Waals surface area (Å²) < 4.78 is 5.75. The van der Waals surface area contributed by atoms with Gasteiger partial charge < -0.3 is 10.1 Å². The van der Waals surface area contributed by atoms with E-state index < -0.39 is 0 Å². The summed E-state index contributed by atoms with van der Waals surface area (Å²) in [6, 6.07) is 5.99. The van der Waals surface area contributed by atoms with Crippen LogP contribution in [-0.4, -0.2) is 30.8 Å². The van der Waals surface area contributed by atoms with E-state index >= 15 is 0 Å². The maximum Gasteiger partial charge on any atom is 0.0559 e. The molecular formula is C14H24N2O. The van der Waals surface area contributed by atoms with E-state index in [1.54, 1.807) is 0 Å². The van der Waals surface area contributed by atoms with Crippen molar-refractivity contribution in [3.63, 3.8) is 0 Å². The van der Waals surface area contributed by atoms with Gasteiger partial charge in [0.2, 0.25) is 0 Å². The Bertz CT molecular complexity index is 277. The van der Waals surface area contributed by atoms with Crippen LogP contribution in [0.15, 0.2) is 24.4 Å². The Morgan fingerprint density at radius 1 is 1.35 bits per heavy atom. The van der Waals surface area contributed by atoms with Crippen molar-refractivity contribution in [2.75, 3.05) is 19.7 Å². The Morgan fingerprint density at radius 2 is 2.24 bits per heavy atom. The predicted molar refractivity (Wildman–Crippen MR) is 71.1 cm³/mol. The maximum atomic E-state index is 5.75. The van der Waals surface area contributed by atoms with Gasteiger partial charge in [-0.25, -0.2) is 0 Å². The lowest BCUT2D eigenvalue weighted by atomic mass is 10.2. The summed E-state index contributed by atoms with van der Waals surface area (Å²) in [5.41, 5.74) is 1.10. The van der Waals surface area contributed by atoms with Gasteiger partial charge in [-0.15, -0.1) is 0 Å². The number of aromatic nitrogens is 1. The van der Waals surface area contributed by atoms with Crippen molar-refractivity contribution in [3.05, 3.63) is 30.1 Å². The van der Waals surface area contributed by atoms with Gasteiger partial charge in [-0.2, -0.15) is 0 Å². The third-order valence-corrected chi connectivity index (χ3v) is 2.64. The number of rotatable bonds is 9. The van der Waals surface area contributed by atoms with Crippen molar-refractivity contribution < 1.29 is 4.74 Å². The highest BCUT2D eigenvalue weighted by Gasteiger charge is 2.02.